The third-order valence-corrected chi connectivity index (χ3v) is 6.03. The Bertz CT molecular complexity index is 804. The van der Waals surface area contributed by atoms with Gasteiger partial charge in [0.25, 0.3) is 0 Å². The lowest BCUT2D eigenvalue weighted by Gasteiger charge is -2.38. The summed E-state index contributed by atoms with van der Waals surface area (Å²) >= 11 is 0. The monoisotopic (exact) mass is 345 g/mol. The van der Waals surface area contributed by atoms with Crippen LogP contribution in [0.4, 0.5) is 0 Å². The fourth-order valence-electron chi connectivity index (χ4n) is 2.78. The molecule has 0 saturated carbocycles. The number of para-hydroxylation sites is 1. The van der Waals surface area contributed by atoms with Crippen LogP contribution in [0.15, 0.2) is 59.5 Å². The third-order valence-electron chi connectivity index (χ3n) is 4.18. The van der Waals surface area contributed by atoms with Crippen LogP contribution < -0.4 is 4.74 Å². The Morgan fingerprint density at radius 1 is 0.958 bits per heavy atom. The van der Waals surface area contributed by atoms with E-state index in [0.29, 0.717) is 18.0 Å². The quantitative estimate of drug-likeness (QED) is 0.853. The molecule has 2 aromatic rings. The van der Waals surface area contributed by atoms with Crippen LogP contribution in [0.2, 0.25) is 0 Å². The summed E-state index contributed by atoms with van der Waals surface area (Å²) in [4.78, 5) is 0.332. The molecule has 0 aliphatic carbocycles. The predicted octanol–water partition coefficient (Wildman–Crippen LogP) is 3.44. The fraction of sp³-hybridized carbons (Fsp3) is 0.368. The number of hydrogen-bond acceptors (Lipinski definition) is 3. The van der Waals surface area contributed by atoms with Gasteiger partial charge in [-0.3, -0.25) is 0 Å². The maximum Gasteiger partial charge on any atom is 0.243 e. The maximum atomic E-state index is 12.5. The van der Waals surface area contributed by atoms with Crippen LogP contribution in [-0.4, -0.2) is 31.9 Å². The van der Waals surface area contributed by atoms with Crippen molar-refractivity contribution >= 4 is 10.0 Å². The second-order valence-corrected chi connectivity index (χ2v) is 9.06. The van der Waals surface area contributed by atoms with Gasteiger partial charge >= 0.3 is 0 Å². The molecule has 0 atom stereocenters. The van der Waals surface area contributed by atoms with Gasteiger partial charge in [0.05, 0.1) is 18.0 Å². The van der Waals surface area contributed by atoms with Gasteiger partial charge in [-0.2, -0.15) is 4.31 Å². The average molecular weight is 345 g/mol. The third kappa shape index (κ3) is 3.32. The molecule has 1 aliphatic rings. The van der Waals surface area contributed by atoms with Crippen LogP contribution >= 0.6 is 0 Å². The van der Waals surface area contributed by atoms with E-state index in [1.165, 1.54) is 4.31 Å². The van der Waals surface area contributed by atoms with E-state index in [1.807, 2.05) is 24.3 Å². The molecule has 5 heteroatoms. The van der Waals surface area contributed by atoms with Crippen LogP contribution in [0.5, 0.6) is 5.75 Å². The Hall–Kier alpha value is -1.85. The lowest BCUT2D eigenvalue weighted by atomic mass is 9.86. The van der Waals surface area contributed by atoms with E-state index in [4.69, 9.17) is 4.74 Å². The maximum absolute atomic E-state index is 12.5. The van der Waals surface area contributed by atoms with Crippen molar-refractivity contribution < 1.29 is 13.2 Å². The molecule has 0 unspecified atom stereocenters. The summed E-state index contributed by atoms with van der Waals surface area (Å²) in [5, 5.41) is 0. The predicted molar refractivity (Wildman–Crippen MR) is 94.8 cm³/mol. The van der Waals surface area contributed by atoms with E-state index in [-0.39, 0.29) is 11.5 Å². The first-order chi connectivity index (χ1) is 11.3. The zero-order valence-corrected chi connectivity index (χ0v) is 15.1. The molecule has 3 rings (SSSR count). The van der Waals surface area contributed by atoms with Crippen molar-refractivity contribution in [3.63, 3.8) is 0 Å². The number of ether oxygens (including phenoxy) is 1. The summed E-state index contributed by atoms with van der Waals surface area (Å²) in [5.41, 5.74) is 1.12. The van der Waals surface area contributed by atoms with Crippen molar-refractivity contribution in [2.45, 2.75) is 37.2 Å². The van der Waals surface area contributed by atoms with Crippen molar-refractivity contribution in [1.29, 1.82) is 0 Å². The SMILES string of the molecule is CC(C)(C)c1ccccc1OC1CN(S(=O)(=O)c2ccccc2)C1. The van der Waals surface area contributed by atoms with Gasteiger partial charge in [0.15, 0.2) is 0 Å². The van der Waals surface area contributed by atoms with E-state index in [1.54, 1.807) is 24.3 Å². The van der Waals surface area contributed by atoms with Gasteiger partial charge in [-0.25, -0.2) is 8.42 Å². The molecule has 1 saturated heterocycles. The summed E-state index contributed by atoms with van der Waals surface area (Å²) in [6, 6.07) is 16.5. The van der Waals surface area contributed by atoms with E-state index in [2.05, 4.69) is 26.8 Å². The highest BCUT2D eigenvalue weighted by atomic mass is 32.2. The summed E-state index contributed by atoms with van der Waals surface area (Å²) in [5.74, 6) is 0.840. The van der Waals surface area contributed by atoms with Gasteiger partial charge < -0.3 is 4.74 Å². The highest BCUT2D eigenvalue weighted by molar-refractivity contribution is 7.89. The molecule has 0 amide bonds. The molecule has 1 fully saturated rings. The van der Waals surface area contributed by atoms with Gasteiger partial charge in [-0.1, -0.05) is 57.2 Å². The minimum absolute atomic E-state index is 0.0177. The molecule has 0 aromatic heterocycles. The van der Waals surface area contributed by atoms with E-state index < -0.39 is 10.0 Å². The summed E-state index contributed by atoms with van der Waals surface area (Å²) in [6.45, 7) is 7.19. The largest absolute Gasteiger partial charge is 0.487 e. The Morgan fingerprint density at radius 3 is 2.17 bits per heavy atom. The normalized spacial score (nSPS) is 16.6. The second-order valence-electron chi connectivity index (χ2n) is 7.12. The number of sulfonamides is 1. The Labute approximate surface area is 144 Å². The smallest absolute Gasteiger partial charge is 0.243 e. The van der Waals surface area contributed by atoms with Crippen LogP contribution in [0.3, 0.4) is 0 Å². The van der Waals surface area contributed by atoms with Crippen LogP contribution in [0.1, 0.15) is 26.3 Å². The Morgan fingerprint density at radius 2 is 1.54 bits per heavy atom. The van der Waals surface area contributed by atoms with Gasteiger partial charge in [-0.15, -0.1) is 0 Å². The molecular weight excluding hydrogens is 322 g/mol. The van der Waals surface area contributed by atoms with Gasteiger partial charge in [0, 0.05) is 0 Å². The lowest BCUT2D eigenvalue weighted by Crippen LogP contribution is -2.56. The van der Waals surface area contributed by atoms with Crippen molar-refractivity contribution in [2.75, 3.05) is 13.1 Å². The minimum Gasteiger partial charge on any atom is -0.487 e. The van der Waals surface area contributed by atoms with E-state index in [9.17, 15) is 8.42 Å². The zero-order valence-electron chi connectivity index (χ0n) is 14.3. The molecule has 0 bridgehead atoms. The van der Waals surface area contributed by atoms with Gasteiger partial charge in [0.1, 0.15) is 11.9 Å². The molecule has 4 nitrogen and oxygen atoms in total. The Balaban J connectivity index is 1.69. The number of hydrogen-bond donors (Lipinski definition) is 0. The van der Waals surface area contributed by atoms with Crippen molar-refractivity contribution in [3.8, 4) is 5.75 Å². The summed E-state index contributed by atoms with van der Waals surface area (Å²) < 4.78 is 32.5. The molecule has 1 heterocycles. The van der Waals surface area contributed by atoms with Crippen molar-refractivity contribution in [1.82, 2.24) is 4.31 Å². The molecule has 0 spiro atoms. The first-order valence-corrected chi connectivity index (χ1v) is 9.54. The number of benzene rings is 2. The highest BCUT2D eigenvalue weighted by Gasteiger charge is 2.38. The fourth-order valence-corrected chi connectivity index (χ4v) is 4.31. The molecule has 0 radical (unpaired) electrons. The van der Waals surface area contributed by atoms with E-state index >= 15 is 0 Å². The molecule has 24 heavy (non-hydrogen) atoms. The summed E-state index contributed by atoms with van der Waals surface area (Å²) in [6.07, 6.45) is -0.105. The molecule has 0 N–H and O–H groups in total. The zero-order chi connectivity index (χ0) is 17.4. The number of nitrogens with zero attached hydrogens (tertiary/aromatic N) is 1. The standard InChI is InChI=1S/C19H23NO3S/c1-19(2,3)17-11-7-8-12-18(17)23-15-13-20(14-15)24(21,22)16-9-5-4-6-10-16/h4-12,15H,13-14H2,1-3H3. The average Bonchev–Trinajstić information content (AvgIpc) is 2.50. The van der Waals surface area contributed by atoms with Crippen molar-refractivity contribution in [3.05, 3.63) is 60.2 Å². The molecule has 1 aliphatic heterocycles. The lowest BCUT2D eigenvalue weighted by molar-refractivity contribution is 0.0745. The number of rotatable bonds is 4. The van der Waals surface area contributed by atoms with Crippen LogP contribution in [-0.2, 0) is 15.4 Å². The molecular formula is C19H23NO3S. The van der Waals surface area contributed by atoms with E-state index in [0.717, 1.165) is 11.3 Å². The van der Waals surface area contributed by atoms with Gasteiger partial charge in [-0.05, 0) is 29.2 Å². The summed E-state index contributed by atoms with van der Waals surface area (Å²) in [7, 11) is -3.41. The molecule has 128 valence electrons. The molecule has 2 aromatic carbocycles. The first kappa shape index (κ1) is 17.0. The highest BCUT2D eigenvalue weighted by Crippen LogP contribution is 2.33. The van der Waals surface area contributed by atoms with Crippen molar-refractivity contribution in [2.24, 2.45) is 0 Å². The second kappa shape index (κ2) is 6.22. The van der Waals surface area contributed by atoms with Crippen LogP contribution in [0.25, 0.3) is 0 Å². The minimum atomic E-state index is -3.41. The van der Waals surface area contributed by atoms with Crippen LogP contribution in [0, 0.1) is 0 Å². The Kier molecular flexibility index (Phi) is 4.40. The van der Waals surface area contributed by atoms with Gasteiger partial charge in [0.2, 0.25) is 10.0 Å². The topological polar surface area (TPSA) is 46.6 Å². The first-order valence-electron chi connectivity index (χ1n) is 8.10.